The lowest BCUT2D eigenvalue weighted by Gasteiger charge is -2.25. The van der Waals surface area contributed by atoms with Crippen molar-refractivity contribution in [3.63, 3.8) is 0 Å². The number of rotatable bonds is 2. The Kier molecular flexibility index (Phi) is 3.60. The van der Waals surface area contributed by atoms with Crippen molar-refractivity contribution in [3.8, 4) is 0 Å². The second-order valence-corrected chi connectivity index (χ2v) is 5.81. The summed E-state index contributed by atoms with van der Waals surface area (Å²) in [5, 5.41) is 0.418. The summed E-state index contributed by atoms with van der Waals surface area (Å²) in [6.45, 7) is 0. The van der Waals surface area contributed by atoms with Gasteiger partial charge in [-0.1, -0.05) is 35.9 Å². The number of hydrogen-bond donors (Lipinski definition) is 1. The standard InChI is InChI=1S/C17H17ClN2O/c1-20(16-9-7-11-4-2-3-5-13(11)16)17(21)12-6-8-15(19)14(18)10-12/h2-6,8,10,16H,7,9,19H2,1H3. The molecule has 0 aliphatic heterocycles. The first-order valence-electron chi connectivity index (χ1n) is 6.98. The van der Waals surface area contributed by atoms with Gasteiger partial charge in [0.15, 0.2) is 0 Å². The third-order valence-corrected chi connectivity index (χ3v) is 4.46. The fraction of sp³-hybridized carbons (Fsp3) is 0.235. The van der Waals surface area contributed by atoms with E-state index in [1.165, 1.54) is 11.1 Å². The maximum Gasteiger partial charge on any atom is 0.254 e. The minimum atomic E-state index is -0.0291. The van der Waals surface area contributed by atoms with Crippen LogP contribution in [0.3, 0.4) is 0 Å². The number of carbonyl (C=O) groups excluding carboxylic acids is 1. The molecule has 0 radical (unpaired) electrons. The number of nitrogen functional groups attached to an aromatic ring is 1. The number of aryl methyl sites for hydroxylation is 1. The highest BCUT2D eigenvalue weighted by atomic mass is 35.5. The Balaban J connectivity index is 1.87. The average Bonchev–Trinajstić information content (AvgIpc) is 2.92. The molecule has 3 nitrogen and oxygen atoms in total. The number of benzene rings is 2. The van der Waals surface area contributed by atoms with Crippen LogP contribution in [0.5, 0.6) is 0 Å². The van der Waals surface area contributed by atoms with Crippen LogP contribution >= 0.6 is 11.6 Å². The quantitative estimate of drug-likeness (QED) is 0.860. The van der Waals surface area contributed by atoms with Crippen molar-refractivity contribution < 1.29 is 4.79 Å². The van der Waals surface area contributed by atoms with E-state index < -0.39 is 0 Å². The van der Waals surface area contributed by atoms with E-state index in [1.807, 2.05) is 19.2 Å². The lowest BCUT2D eigenvalue weighted by Crippen LogP contribution is -2.30. The molecule has 21 heavy (non-hydrogen) atoms. The zero-order valence-corrected chi connectivity index (χ0v) is 12.6. The van der Waals surface area contributed by atoms with Crippen molar-refractivity contribution in [1.29, 1.82) is 0 Å². The molecule has 0 saturated carbocycles. The van der Waals surface area contributed by atoms with Crippen LogP contribution in [0.4, 0.5) is 5.69 Å². The molecular formula is C17H17ClN2O. The number of halogens is 1. The first kappa shape index (κ1) is 14.0. The molecular weight excluding hydrogens is 284 g/mol. The fourth-order valence-electron chi connectivity index (χ4n) is 2.94. The van der Waals surface area contributed by atoms with E-state index >= 15 is 0 Å². The summed E-state index contributed by atoms with van der Waals surface area (Å²) in [5.74, 6) is -0.0291. The lowest BCUT2D eigenvalue weighted by molar-refractivity contribution is 0.0730. The van der Waals surface area contributed by atoms with E-state index in [4.69, 9.17) is 17.3 Å². The molecule has 2 aromatic rings. The summed E-state index contributed by atoms with van der Waals surface area (Å²) in [5.41, 5.74) is 9.33. The van der Waals surface area contributed by atoms with Gasteiger partial charge < -0.3 is 10.6 Å². The van der Waals surface area contributed by atoms with Crippen LogP contribution in [0.1, 0.15) is 33.9 Å². The molecule has 1 aliphatic rings. The van der Waals surface area contributed by atoms with Gasteiger partial charge in [0.25, 0.3) is 5.91 Å². The normalized spacial score (nSPS) is 16.6. The Bertz CT molecular complexity index is 699. The van der Waals surface area contributed by atoms with Crippen LogP contribution in [0.15, 0.2) is 42.5 Å². The number of hydrogen-bond acceptors (Lipinski definition) is 2. The van der Waals surface area contributed by atoms with Gasteiger partial charge in [-0.2, -0.15) is 0 Å². The average molecular weight is 301 g/mol. The van der Waals surface area contributed by atoms with Crippen molar-refractivity contribution in [3.05, 3.63) is 64.2 Å². The minimum absolute atomic E-state index is 0.0291. The van der Waals surface area contributed by atoms with Crippen molar-refractivity contribution in [1.82, 2.24) is 4.90 Å². The van der Waals surface area contributed by atoms with Crippen LogP contribution in [-0.4, -0.2) is 17.9 Å². The van der Waals surface area contributed by atoms with Gasteiger partial charge in [0.1, 0.15) is 0 Å². The molecule has 0 spiro atoms. The molecule has 0 aromatic heterocycles. The number of anilines is 1. The molecule has 2 aromatic carbocycles. The van der Waals surface area contributed by atoms with Gasteiger partial charge in [-0.15, -0.1) is 0 Å². The summed E-state index contributed by atoms with van der Waals surface area (Å²) >= 11 is 6.01. The molecule has 2 N–H and O–H groups in total. The zero-order chi connectivity index (χ0) is 15.0. The first-order valence-corrected chi connectivity index (χ1v) is 7.35. The summed E-state index contributed by atoms with van der Waals surface area (Å²) < 4.78 is 0. The van der Waals surface area contributed by atoms with Gasteiger partial charge in [-0.3, -0.25) is 4.79 Å². The second-order valence-electron chi connectivity index (χ2n) is 5.41. The Hall–Kier alpha value is -2.00. The summed E-state index contributed by atoms with van der Waals surface area (Å²) in [6.07, 6.45) is 1.98. The molecule has 0 saturated heterocycles. The Labute approximate surface area is 129 Å². The molecule has 0 heterocycles. The maximum atomic E-state index is 12.6. The van der Waals surface area contributed by atoms with Gasteiger partial charge in [0.05, 0.1) is 16.8 Å². The third kappa shape index (κ3) is 2.49. The van der Waals surface area contributed by atoms with E-state index in [1.54, 1.807) is 23.1 Å². The van der Waals surface area contributed by atoms with Gasteiger partial charge in [-0.05, 0) is 42.2 Å². The molecule has 108 valence electrons. The topological polar surface area (TPSA) is 46.3 Å². The van der Waals surface area contributed by atoms with Gasteiger partial charge in [0, 0.05) is 12.6 Å². The minimum Gasteiger partial charge on any atom is -0.398 e. The molecule has 1 atom stereocenters. The monoisotopic (exact) mass is 300 g/mol. The number of nitrogens with two attached hydrogens (primary N) is 1. The first-order chi connectivity index (χ1) is 10.1. The Morgan fingerprint density at radius 3 is 2.81 bits per heavy atom. The predicted octanol–water partition coefficient (Wildman–Crippen LogP) is 3.68. The summed E-state index contributed by atoms with van der Waals surface area (Å²) in [4.78, 5) is 14.4. The number of fused-ring (bicyclic) bond motifs is 1. The van der Waals surface area contributed by atoms with E-state index in [2.05, 4.69) is 12.1 Å². The summed E-state index contributed by atoms with van der Waals surface area (Å²) in [7, 11) is 1.85. The fourth-order valence-corrected chi connectivity index (χ4v) is 3.12. The van der Waals surface area contributed by atoms with E-state index in [-0.39, 0.29) is 11.9 Å². The predicted molar refractivity (Wildman–Crippen MR) is 85.5 cm³/mol. The molecule has 0 bridgehead atoms. The largest absolute Gasteiger partial charge is 0.398 e. The van der Waals surface area contributed by atoms with Gasteiger partial charge in [-0.25, -0.2) is 0 Å². The van der Waals surface area contributed by atoms with Crippen LogP contribution in [0, 0.1) is 0 Å². The van der Waals surface area contributed by atoms with Crippen molar-refractivity contribution >= 4 is 23.2 Å². The Morgan fingerprint density at radius 1 is 1.29 bits per heavy atom. The molecule has 0 fully saturated rings. The Morgan fingerprint density at radius 2 is 2.05 bits per heavy atom. The third-order valence-electron chi connectivity index (χ3n) is 4.14. The van der Waals surface area contributed by atoms with E-state index in [0.29, 0.717) is 16.3 Å². The molecule has 4 heteroatoms. The van der Waals surface area contributed by atoms with Gasteiger partial charge >= 0.3 is 0 Å². The highest BCUT2D eigenvalue weighted by Gasteiger charge is 2.28. The number of nitrogens with zero attached hydrogens (tertiary/aromatic N) is 1. The van der Waals surface area contributed by atoms with Gasteiger partial charge in [0.2, 0.25) is 0 Å². The smallest absolute Gasteiger partial charge is 0.254 e. The highest BCUT2D eigenvalue weighted by Crippen LogP contribution is 2.35. The molecule has 1 amide bonds. The zero-order valence-electron chi connectivity index (χ0n) is 11.8. The van der Waals surface area contributed by atoms with Crippen LogP contribution in [0.2, 0.25) is 5.02 Å². The summed E-state index contributed by atoms with van der Waals surface area (Å²) in [6, 6.07) is 13.5. The van der Waals surface area contributed by atoms with Crippen molar-refractivity contribution in [2.75, 3.05) is 12.8 Å². The van der Waals surface area contributed by atoms with Crippen LogP contribution < -0.4 is 5.73 Å². The van der Waals surface area contributed by atoms with Crippen molar-refractivity contribution in [2.24, 2.45) is 0 Å². The lowest BCUT2D eigenvalue weighted by atomic mass is 10.1. The van der Waals surface area contributed by atoms with Crippen molar-refractivity contribution in [2.45, 2.75) is 18.9 Å². The maximum absolute atomic E-state index is 12.6. The van der Waals surface area contributed by atoms with E-state index in [0.717, 1.165) is 12.8 Å². The molecule has 1 unspecified atom stereocenters. The van der Waals surface area contributed by atoms with Crippen LogP contribution in [0.25, 0.3) is 0 Å². The molecule has 1 aliphatic carbocycles. The second kappa shape index (κ2) is 5.41. The number of amides is 1. The molecule has 3 rings (SSSR count). The highest BCUT2D eigenvalue weighted by molar-refractivity contribution is 6.33. The number of carbonyl (C=O) groups is 1. The SMILES string of the molecule is CN(C(=O)c1ccc(N)c(Cl)c1)C1CCc2ccccc21. The van der Waals surface area contributed by atoms with Crippen LogP contribution in [-0.2, 0) is 6.42 Å². The van der Waals surface area contributed by atoms with E-state index in [9.17, 15) is 4.79 Å².